The van der Waals surface area contributed by atoms with E-state index in [2.05, 4.69) is 331 Å². The summed E-state index contributed by atoms with van der Waals surface area (Å²) in [5.41, 5.74) is 24.4. The second-order valence-corrected chi connectivity index (χ2v) is 22.9. The molecule has 3 aromatic heterocycles. The van der Waals surface area contributed by atoms with Crippen LogP contribution in [0.5, 0.6) is 11.5 Å². The summed E-state index contributed by atoms with van der Waals surface area (Å²) >= 11 is 0. The highest BCUT2D eigenvalue weighted by atomic mass is 16.5. The first kappa shape index (κ1) is 50.6. The third-order valence-corrected chi connectivity index (χ3v) is 17.4. The molecule has 3 heterocycles. The van der Waals surface area contributed by atoms with E-state index < -0.39 is 0 Å². The van der Waals surface area contributed by atoms with Gasteiger partial charge in [0.1, 0.15) is 17.3 Å². The predicted octanol–water partition coefficient (Wildman–Crippen LogP) is 20.3. The molecule has 0 saturated heterocycles. The van der Waals surface area contributed by atoms with Crippen LogP contribution in [0.1, 0.15) is 25.0 Å². The lowest BCUT2D eigenvalue weighted by molar-refractivity contribution is -0.571. The highest BCUT2D eigenvalue weighted by molar-refractivity contribution is 6.09. The molecule has 1 aliphatic carbocycles. The van der Waals surface area contributed by atoms with Crippen molar-refractivity contribution in [1.29, 1.82) is 0 Å². The molecule has 86 heavy (non-hydrogen) atoms. The first-order valence-electron chi connectivity index (χ1n) is 29.4. The Hall–Kier alpha value is -11.1. The van der Waals surface area contributed by atoms with Gasteiger partial charge in [0.05, 0.1) is 33.4 Å². The van der Waals surface area contributed by atoms with E-state index >= 15 is 0 Å². The molecule has 0 aliphatic heterocycles. The predicted molar refractivity (Wildman–Crippen MR) is 352 cm³/mol. The summed E-state index contributed by atoms with van der Waals surface area (Å²) in [6.07, 6.45) is 6.06. The summed E-state index contributed by atoms with van der Waals surface area (Å²) in [4.78, 5) is 5.20. The number of hydrogen-bond donors (Lipinski definition) is 0. The molecule has 0 N–H and O–H groups in total. The van der Waals surface area contributed by atoms with Crippen LogP contribution in [0, 0.1) is 6.33 Å². The Balaban J connectivity index is 0.858. The van der Waals surface area contributed by atoms with E-state index in [1.807, 2.05) is 6.07 Å². The van der Waals surface area contributed by atoms with Gasteiger partial charge in [0.15, 0.2) is 0 Å². The Morgan fingerprint density at radius 2 is 0.849 bits per heavy atom. The average Bonchev–Trinajstić information content (AvgIpc) is 2.04. The van der Waals surface area contributed by atoms with Gasteiger partial charge in [-0.25, -0.2) is 4.98 Å². The van der Waals surface area contributed by atoms with Crippen LogP contribution in [0.3, 0.4) is 0 Å². The fourth-order valence-electron chi connectivity index (χ4n) is 13.2. The highest BCUT2D eigenvalue weighted by Gasteiger charge is 2.36. The largest absolute Gasteiger partial charge is 0.458 e. The van der Waals surface area contributed by atoms with Crippen LogP contribution in [0.25, 0.3) is 128 Å². The van der Waals surface area contributed by atoms with Crippen molar-refractivity contribution >= 4 is 32.8 Å². The van der Waals surface area contributed by atoms with Crippen molar-refractivity contribution < 1.29 is 9.30 Å². The fourth-order valence-corrected chi connectivity index (χ4v) is 13.2. The first-order chi connectivity index (χ1) is 42.4. The quantitative estimate of drug-likeness (QED) is 0.0956. The van der Waals surface area contributed by atoms with Gasteiger partial charge in [-0.15, -0.1) is 0 Å². The summed E-state index contributed by atoms with van der Waals surface area (Å²) in [5.74, 6) is 2.30. The van der Waals surface area contributed by atoms with Gasteiger partial charge in [-0.05, 0) is 168 Å². The number of nitrogens with zero attached hydrogens (tertiary/aromatic N) is 4. The minimum atomic E-state index is -0.142. The minimum absolute atomic E-state index is 0.142. The molecule has 0 unspecified atom stereocenters. The summed E-state index contributed by atoms with van der Waals surface area (Å²) in [6, 6.07) is 107. The molecule has 5 nitrogen and oxygen atoms in total. The molecule has 0 saturated carbocycles. The maximum Gasteiger partial charge on any atom is 0.269 e. The zero-order valence-electron chi connectivity index (χ0n) is 47.6. The lowest BCUT2D eigenvalue weighted by Crippen LogP contribution is -2.31. The van der Waals surface area contributed by atoms with Crippen molar-refractivity contribution in [2.24, 2.45) is 0 Å². The normalized spacial score (nSPS) is 12.4. The highest BCUT2D eigenvalue weighted by Crippen LogP contribution is 2.49. The standard InChI is InChI=1S/C81H56N4O/c1-81(2)73-37-17-15-33-69(73)72-51-79(82-52-74(72)81)85-75-38-18-16-34-70(75)71-42-41-66(50-78(71)85)86-65-32-21-31-64(49-65)83-53-84(77-40-20-19-39-76(77)83)80-67(62-45-58(54-23-7-3-8-24-54)43-59(46-62)55-25-9-4-10-26-55)35-22-36-68(80)63-47-60(56-27-11-5-12-28-56)44-61(48-63)57-29-13-6-14-30-57/h3-52H,1-2H3. The second-order valence-electron chi connectivity index (χ2n) is 22.9. The molecule has 0 spiro atoms. The van der Waals surface area contributed by atoms with E-state index in [0.29, 0.717) is 5.75 Å². The molecule has 0 fully saturated rings. The Bertz CT molecular complexity index is 4840. The minimum Gasteiger partial charge on any atom is -0.458 e. The van der Waals surface area contributed by atoms with Gasteiger partial charge in [0.25, 0.3) is 6.33 Å². The molecule has 0 amide bonds. The van der Waals surface area contributed by atoms with Crippen LogP contribution in [0.2, 0.25) is 0 Å². The van der Waals surface area contributed by atoms with Gasteiger partial charge in [-0.1, -0.05) is 226 Å². The van der Waals surface area contributed by atoms with Crippen LogP contribution in [-0.4, -0.2) is 14.1 Å². The number of pyridine rings is 1. The molecule has 15 aromatic rings. The van der Waals surface area contributed by atoms with Crippen molar-refractivity contribution in [3.63, 3.8) is 0 Å². The zero-order chi connectivity index (χ0) is 57.3. The smallest absolute Gasteiger partial charge is 0.269 e. The van der Waals surface area contributed by atoms with Crippen LogP contribution in [0.15, 0.2) is 303 Å². The maximum atomic E-state index is 6.96. The van der Waals surface area contributed by atoms with Crippen molar-refractivity contribution in [3.05, 3.63) is 321 Å². The molecule has 406 valence electrons. The van der Waals surface area contributed by atoms with Gasteiger partial charge in [-0.3, -0.25) is 13.7 Å². The van der Waals surface area contributed by atoms with Crippen molar-refractivity contribution in [2.75, 3.05) is 0 Å². The monoisotopic (exact) mass is 1100 g/mol. The molecule has 0 atom stereocenters. The summed E-state index contributed by atoms with van der Waals surface area (Å²) in [6.45, 7) is 4.59. The number of para-hydroxylation sites is 4. The van der Waals surface area contributed by atoms with Gasteiger partial charge < -0.3 is 4.74 Å². The summed E-state index contributed by atoms with van der Waals surface area (Å²) in [7, 11) is 0. The fraction of sp³-hybridized carbons (Fsp3) is 0.0370. The Labute approximate surface area is 500 Å². The van der Waals surface area contributed by atoms with E-state index in [1.165, 1.54) is 22.3 Å². The number of hydrogen-bond acceptors (Lipinski definition) is 2. The van der Waals surface area contributed by atoms with E-state index in [-0.39, 0.29) is 5.41 Å². The van der Waals surface area contributed by atoms with Gasteiger partial charge in [0.2, 0.25) is 0 Å². The third-order valence-electron chi connectivity index (χ3n) is 17.4. The van der Waals surface area contributed by atoms with E-state index in [1.54, 1.807) is 0 Å². The SMILES string of the molecule is CC1(C)c2ccccc2-c2cc(-n3c4ccccc4c4ccc(Oc5cccc(-n6[c-][n+](-c7c(-c8cc(-c9ccccc9)cc(-c9ccccc9)c8)cccc7-c7cc(-c8ccccc8)cc(-c8ccccc8)c7)c7ccccc76)c5)cc43)ncc21. The van der Waals surface area contributed by atoms with Crippen LogP contribution < -0.4 is 9.30 Å². The number of fused-ring (bicyclic) bond motifs is 7. The molecule has 0 radical (unpaired) electrons. The Morgan fingerprint density at radius 3 is 1.47 bits per heavy atom. The molecule has 12 aromatic carbocycles. The van der Waals surface area contributed by atoms with Crippen LogP contribution in [-0.2, 0) is 5.41 Å². The lowest BCUT2D eigenvalue weighted by atomic mass is 9.83. The third kappa shape index (κ3) is 8.71. The number of aromatic nitrogens is 4. The molecule has 16 rings (SSSR count). The van der Waals surface area contributed by atoms with E-state index in [0.717, 1.165) is 123 Å². The average molecular weight is 1100 g/mol. The molecular weight excluding hydrogens is 1040 g/mol. The number of imidazole rings is 1. The zero-order valence-corrected chi connectivity index (χ0v) is 47.6. The van der Waals surface area contributed by atoms with Gasteiger partial charge in [-0.2, -0.15) is 0 Å². The van der Waals surface area contributed by atoms with Crippen molar-refractivity contribution in [3.8, 4) is 107 Å². The van der Waals surface area contributed by atoms with Crippen LogP contribution in [0.4, 0.5) is 0 Å². The van der Waals surface area contributed by atoms with Crippen molar-refractivity contribution in [2.45, 2.75) is 19.3 Å². The lowest BCUT2D eigenvalue weighted by Gasteiger charge is -2.21. The van der Waals surface area contributed by atoms with E-state index in [4.69, 9.17) is 9.72 Å². The summed E-state index contributed by atoms with van der Waals surface area (Å²) in [5, 5.41) is 2.29. The second kappa shape index (κ2) is 20.6. The number of rotatable bonds is 11. The van der Waals surface area contributed by atoms with E-state index in [9.17, 15) is 0 Å². The number of ether oxygens (including phenoxy) is 1. The summed E-state index contributed by atoms with van der Waals surface area (Å²) < 4.78 is 13.7. The molecule has 1 aliphatic rings. The number of benzene rings is 12. The molecule has 0 bridgehead atoms. The van der Waals surface area contributed by atoms with Crippen molar-refractivity contribution in [1.82, 2.24) is 14.1 Å². The maximum absolute atomic E-state index is 6.96. The van der Waals surface area contributed by atoms with Crippen LogP contribution >= 0.6 is 0 Å². The Kier molecular flexibility index (Phi) is 12.1. The molecule has 5 heteroatoms. The van der Waals surface area contributed by atoms with Gasteiger partial charge in [0, 0.05) is 28.5 Å². The Morgan fingerprint density at radius 1 is 0.360 bits per heavy atom. The van der Waals surface area contributed by atoms with Gasteiger partial charge >= 0.3 is 0 Å². The molecular formula is C81H56N4O. The topological polar surface area (TPSA) is 35.9 Å². The first-order valence-corrected chi connectivity index (χ1v) is 29.4.